The van der Waals surface area contributed by atoms with Gasteiger partial charge in [0, 0.05) is 11.1 Å². The summed E-state index contributed by atoms with van der Waals surface area (Å²) in [6.07, 6.45) is 1.30. The molecule has 0 saturated heterocycles. The quantitative estimate of drug-likeness (QED) is 0.737. The molecule has 3 heteroatoms. The molecule has 2 rings (SSSR count). The summed E-state index contributed by atoms with van der Waals surface area (Å²) in [7, 11) is 0. The third-order valence-electron chi connectivity index (χ3n) is 3.35. The monoisotopic (exact) mass is 258 g/mol. The highest BCUT2D eigenvalue weighted by Crippen LogP contribution is 2.40. The van der Waals surface area contributed by atoms with E-state index >= 15 is 0 Å². The summed E-state index contributed by atoms with van der Waals surface area (Å²) < 4.78 is 0. The van der Waals surface area contributed by atoms with Crippen molar-refractivity contribution in [3.05, 3.63) is 41.5 Å². The number of hydrogen-bond acceptors (Lipinski definition) is 3. The van der Waals surface area contributed by atoms with Crippen LogP contribution in [0.4, 0.5) is 0 Å². The van der Waals surface area contributed by atoms with Gasteiger partial charge < -0.3 is 15.3 Å². The minimum atomic E-state index is 0.164. The maximum Gasteiger partial charge on any atom is 0.124 e. The Balaban J connectivity index is 2.69. The molecule has 0 atom stereocenters. The molecule has 0 heterocycles. The van der Waals surface area contributed by atoms with Crippen LogP contribution in [0.15, 0.2) is 30.3 Å². The van der Waals surface area contributed by atoms with Crippen LogP contribution in [-0.2, 0) is 12.8 Å². The van der Waals surface area contributed by atoms with Crippen LogP contribution < -0.4 is 0 Å². The first-order valence-electron chi connectivity index (χ1n) is 6.44. The molecule has 100 valence electrons. The molecule has 0 aromatic heterocycles. The third-order valence-corrected chi connectivity index (χ3v) is 3.35. The lowest BCUT2D eigenvalue weighted by atomic mass is 9.93. The SMILES string of the molecule is CCc1cc(O)c(-c2ccc(O)cc2)c(CC)c1O. The van der Waals surface area contributed by atoms with E-state index in [-0.39, 0.29) is 17.2 Å². The predicted molar refractivity (Wildman–Crippen MR) is 75.6 cm³/mol. The first kappa shape index (κ1) is 13.3. The minimum Gasteiger partial charge on any atom is -0.508 e. The van der Waals surface area contributed by atoms with Gasteiger partial charge >= 0.3 is 0 Å². The summed E-state index contributed by atoms with van der Waals surface area (Å²) >= 11 is 0. The molecule has 0 fully saturated rings. The molecule has 0 saturated carbocycles. The minimum absolute atomic E-state index is 0.164. The maximum atomic E-state index is 10.2. The van der Waals surface area contributed by atoms with Gasteiger partial charge in [-0.15, -0.1) is 0 Å². The molecule has 0 spiro atoms. The van der Waals surface area contributed by atoms with E-state index in [0.29, 0.717) is 18.4 Å². The molecule has 3 nitrogen and oxygen atoms in total. The van der Waals surface area contributed by atoms with Crippen LogP contribution in [0, 0.1) is 0 Å². The Morgan fingerprint density at radius 3 is 2.05 bits per heavy atom. The van der Waals surface area contributed by atoms with Crippen molar-refractivity contribution in [3.63, 3.8) is 0 Å². The lowest BCUT2D eigenvalue weighted by Crippen LogP contribution is -1.94. The van der Waals surface area contributed by atoms with Crippen molar-refractivity contribution < 1.29 is 15.3 Å². The molecule has 0 aliphatic heterocycles. The number of aromatic hydroxyl groups is 3. The van der Waals surface area contributed by atoms with Gasteiger partial charge in [0.2, 0.25) is 0 Å². The van der Waals surface area contributed by atoms with Crippen LogP contribution in [0.5, 0.6) is 17.2 Å². The smallest absolute Gasteiger partial charge is 0.124 e. The second kappa shape index (κ2) is 5.22. The fraction of sp³-hybridized carbons (Fsp3) is 0.250. The van der Waals surface area contributed by atoms with Crippen LogP contribution in [-0.4, -0.2) is 15.3 Å². The van der Waals surface area contributed by atoms with E-state index < -0.39 is 0 Å². The summed E-state index contributed by atoms with van der Waals surface area (Å²) in [5.74, 6) is 0.596. The molecule has 3 N–H and O–H groups in total. The van der Waals surface area contributed by atoms with Crippen molar-refractivity contribution in [3.8, 4) is 28.4 Å². The molecule has 19 heavy (non-hydrogen) atoms. The number of aryl methyl sites for hydroxylation is 1. The Labute approximate surface area is 112 Å². The lowest BCUT2D eigenvalue weighted by molar-refractivity contribution is 0.450. The highest BCUT2D eigenvalue weighted by Gasteiger charge is 2.16. The van der Waals surface area contributed by atoms with Gasteiger partial charge in [0.25, 0.3) is 0 Å². The number of phenolic OH excluding ortho intramolecular Hbond substituents is 3. The fourth-order valence-corrected chi connectivity index (χ4v) is 2.34. The Morgan fingerprint density at radius 2 is 1.53 bits per heavy atom. The Morgan fingerprint density at radius 1 is 0.895 bits per heavy atom. The van der Waals surface area contributed by atoms with E-state index in [2.05, 4.69) is 0 Å². The largest absolute Gasteiger partial charge is 0.508 e. The van der Waals surface area contributed by atoms with E-state index in [1.54, 1.807) is 30.3 Å². The van der Waals surface area contributed by atoms with Gasteiger partial charge in [-0.05, 0) is 42.2 Å². The highest BCUT2D eigenvalue weighted by atomic mass is 16.3. The highest BCUT2D eigenvalue weighted by molar-refractivity contribution is 5.77. The summed E-state index contributed by atoms with van der Waals surface area (Å²) in [5, 5.41) is 29.8. The molecule has 0 aliphatic rings. The first-order valence-corrected chi connectivity index (χ1v) is 6.44. The zero-order chi connectivity index (χ0) is 14.0. The first-order chi connectivity index (χ1) is 9.08. The Kier molecular flexibility index (Phi) is 3.65. The average molecular weight is 258 g/mol. The molecular weight excluding hydrogens is 240 g/mol. The third kappa shape index (κ3) is 2.36. The van der Waals surface area contributed by atoms with Crippen LogP contribution in [0.2, 0.25) is 0 Å². The number of phenols is 3. The van der Waals surface area contributed by atoms with Crippen molar-refractivity contribution in [2.45, 2.75) is 26.7 Å². The van der Waals surface area contributed by atoms with E-state index in [1.807, 2.05) is 13.8 Å². The van der Waals surface area contributed by atoms with Crippen LogP contribution in [0.25, 0.3) is 11.1 Å². The van der Waals surface area contributed by atoms with E-state index in [1.165, 1.54) is 0 Å². The number of hydrogen-bond donors (Lipinski definition) is 3. The molecule has 0 unspecified atom stereocenters. The second-order valence-electron chi connectivity index (χ2n) is 4.51. The fourth-order valence-electron chi connectivity index (χ4n) is 2.34. The van der Waals surface area contributed by atoms with Gasteiger partial charge in [0.1, 0.15) is 17.2 Å². The van der Waals surface area contributed by atoms with Crippen LogP contribution >= 0.6 is 0 Å². The van der Waals surface area contributed by atoms with Crippen molar-refractivity contribution in [2.75, 3.05) is 0 Å². The molecule has 0 radical (unpaired) electrons. The van der Waals surface area contributed by atoms with E-state index in [9.17, 15) is 15.3 Å². The van der Waals surface area contributed by atoms with Gasteiger partial charge in [-0.3, -0.25) is 0 Å². The van der Waals surface area contributed by atoms with Crippen LogP contribution in [0.3, 0.4) is 0 Å². The Bertz CT molecular complexity index is 586. The average Bonchev–Trinajstić information content (AvgIpc) is 2.41. The van der Waals surface area contributed by atoms with E-state index in [4.69, 9.17) is 0 Å². The molecule has 2 aromatic rings. The van der Waals surface area contributed by atoms with Gasteiger partial charge in [0.15, 0.2) is 0 Å². The van der Waals surface area contributed by atoms with E-state index in [0.717, 1.165) is 16.7 Å². The van der Waals surface area contributed by atoms with Gasteiger partial charge in [-0.2, -0.15) is 0 Å². The second-order valence-corrected chi connectivity index (χ2v) is 4.51. The standard InChI is InChI=1S/C16H18O3/c1-3-10-9-14(18)15(13(4-2)16(10)19)11-5-7-12(17)8-6-11/h5-9,17-19H,3-4H2,1-2H3. The number of rotatable bonds is 3. The van der Waals surface area contributed by atoms with Gasteiger partial charge in [-0.25, -0.2) is 0 Å². The van der Waals surface area contributed by atoms with Crippen molar-refractivity contribution in [2.24, 2.45) is 0 Å². The van der Waals surface area contributed by atoms with Crippen molar-refractivity contribution >= 4 is 0 Å². The molecular formula is C16H18O3. The Hall–Kier alpha value is -2.16. The zero-order valence-electron chi connectivity index (χ0n) is 11.1. The molecule has 0 amide bonds. The summed E-state index contributed by atoms with van der Waals surface area (Å²) in [6.45, 7) is 3.88. The van der Waals surface area contributed by atoms with Crippen molar-refractivity contribution in [1.29, 1.82) is 0 Å². The summed E-state index contributed by atoms with van der Waals surface area (Å²) in [5.41, 5.74) is 2.90. The van der Waals surface area contributed by atoms with Gasteiger partial charge in [0.05, 0.1) is 0 Å². The van der Waals surface area contributed by atoms with Crippen LogP contribution in [0.1, 0.15) is 25.0 Å². The maximum absolute atomic E-state index is 10.2. The predicted octanol–water partition coefficient (Wildman–Crippen LogP) is 3.60. The number of benzene rings is 2. The molecule has 0 aliphatic carbocycles. The van der Waals surface area contributed by atoms with Gasteiger partial charge in [-0.1, -0.05) is 26.0 Å². The summed E-state index contributed by atoms with van der Waals surface area (Å²) in [4.78, 5) is 0. The molecule has 2 aromatic carbocycles. The summed E-state index contributed by atoms with van der Waals surface area (Å²) in [6, 6.07) is 8.21. The topological polar surface area (TPSA) is 60.7 Å². The lowest BCUT2D eigenvalue weighted by Gasteiger charge is -2.15. The normalized spacial score (nSPS) is 10.6. The van der Waals surface area contributed by atoms with Crippen molar-refractivity contribution in [1.82, 2.24) is 0 Å². The zero-order valence-corrected chi connectivity index (χ0v) is 11.1. The molecule has 0 bridgehead atoms.